The van der Waals surface area contributed by atoms with Gasteiger partial charge < -0.3 is 9.63 Å². The predicted octanol–water partition coefficient (Wildman–Crippen LogP) is 2.13. The van der Waals surface area contributed by atoms with E-state index < -0.39 is 5.97 Å². The molecule has 1 atom stereocenters. The lowest BCUT2D eigenvalue weighted by atomic mass is 9.83. The summed E-state index contributed by atoms with van der Waals surface area (Å²) in [5.41, 5.74) is 2.02. The summed E-state index contributed by atoms with van der Waals surface area (Å²) in [6.07, 6.45) is 3.85. The summed E-state index contributed by atoms with van der Waals surface area (Å²) in [7, 11) is 0. The minimum Gasteiger partial charge on any atom is -0.481 e. The quantitative estimate of drug-likeness (QED) is 0.828. The number of fused-ring (bicyclic) bond motifs is 1. The van der Waals surface area contributed by atoms with E-state index in [2.05, 4.69) is 5.16 Å². The average Bonchev–Trinajstić information content (AvgIpc) is 2.61. The number of rotatable bonds is 3. The van der Waals surface area contributed by atoms with Crippen molar-refractivity contribution in [1.82, 2.24) is 5.16 Å². The fraction of sp³-hybridized carbons (Fsp3) is 0.636. The zero-order valence-corrected chi connectivity index (χ0v) is 8.82. The molecule has 1 N–H and O–H groups in total. The van der Waals surface area contributed by atoms with Gasteiger partial charge in [0.25, 0.3) is 0 Å². The molecule has 1 unspecified atom stereocenters. The molecule has 0 saturated heterocycles. The minimum absolute atomic E-state index is 0.104. The third-order valence-electron chi connectivity index (χ3n) is 3.00. The Balaban J connectivity index is 2.30. The first-order valence-corrected chi connectivity index (χ1v) is 5.41. The van der Waals surface area contributed by atoms with Crippen LogP contribution in [-0.2, 0) is 17.6 Å². The molecule has 15 heavy (non-hydrogen) atoms. The van der Waals surface area contributed by atoms with Crippen molar-refractivity contribution in [2.45, 2.75) is 44.9 Å². The minimum atomic E-state index is -0.740. The molecule has 0 amide bonds. The van der Waals surface area contributed by atoms with E-state index in [1.165, 1.54) is 0 Å². The molecule has 0 spiro atoms. The fourth-order valence-corrected chi connectivity index (χ4v) is 2.34. The van der Waals surface area contributed by atoms with Crippen molar-refractivity contribution in [2.24, 2.45) is 0 Å². The van der Waals surface area contributed by atoms with Gasteiger partial charge in [0.1, 0.15) is 5.76 Å². The highest BCUT2D eigenvalue weighted by Crippen LogP contribution is 2.36. The van der Waals surface area contributed by atoms with E-state index in [0.29, 0.717) is 0 Å². The van der Waals surface area contributed by atoms with E-state index in [9.17, 15) is 4.79 Å². The van der Waals surface area contributed by atoms with E-state index in [1.807, 2.05) is 6.92 Å². The smallest absolute Gasteiger partial charge is 0.303 e. The molecule has 82 valence electrons. The number of nitrogens with zero attached hydrogens (tertiary/aromatic N) is 1. The maximum Gasteiger partial charge on any atom is 0.303 e. The van der Waals surface area contributed by atoms with Crippen LogP contribution in [0.1, 0.15) is 49.1 Å². The number of carboxylic acids is 1. The standard InChI is InChI=1S/C11H15NO3/c1-2-8-11-7(6-10(13)14)4-3-5-9(11)15-12-8/h7H,2-6H2,1H3,(H,13,14). The Kier molecular flexibility index (Phi) is 2.75. The number of carbonyl (C=O) groups is 1. The Morgan fingerprint density at radius 3 is 3.13 bits per heavy atom. The van der Waals surface area contributed by atoms with Crippen molar-refractivity contribution >= 4 is 5.97 Å². The maximum absolute atomic E-state index is 10.7. The topological polar surface area (TPSA) is 63.3 Å². The molecule has 0 aliphatic heterocycles. The molecule has 4 heteroatoms. The van der Waals surface area contributed by atoms with Gasteiger partial charge in [0.2, 0.25) is 0 Å². The maximum atomic E-state index is 10.7. The zero-order valence-electron chi connectivity index (χ0n) is 8.82. The van der Waals surface area contributed by atoms with E-state index >= 15 is 0 Å². The summed E-state index contributed by atoms with van der Waals surface area (Å²) in [5.74, 6) is 0.271. The van der Waals surface area contributed by atoms with Crippen LogP contribution in [0.3, 0.4) is 0 Å². The number of aliphatic carboxylic acids is 1. The van der Waals surface area contributed by atoms with Gasteiger partial charge in [-0.2, -0.15) is 0 Å². The van der Waals surface area contributed by atoms with Crippen molar-refractivity contribution < 1.29 is 14.4 Å². The molecule has 0 fully saturated rings. The van der Waals surface area contributed by atoms with E-state index in [4.69, 9.17) is 9.63 Å². The molecular formula is C11H15NO3. The first-order chi connectivity index (χ1) is 7.22. The van der Waals surface area contributed by atoms with Crippen LogP contribution in [0.15, 0.2) is 4.52 Å². The molecule has 1 heterocycles. The molecule has 0 radical (unpaired) electrons. The monoisotopic (exact) mass is 209 g/mol. The molecular weight excluding hydrogens is 194 g/mol. The van der Waals surface area contributed by atoms with Crippen molar-refractivity contribution in [3.63, 3.8) is 0 Å². The highest BCUT2D eigenvalue weighted by atomic mass is 16.5. The van der Waals surface area contributed by atoms with Gasteiger partial charge >= 0.3 is 5.97 Å². The highest BCUT2D eigenvalue weighted by Gasteiger charge is 2.28. The lowest BCUT2D eigenvalue weighted by Crippen LogP contribution is -2.13. The summed E-state index contributed by atoms with van der Waals surface area (Å²) in [6.45, 7) is 2.02. The van der Waals surface area contributed by atoms with Gasteiger partial charge in [-0.3, -0.25) is 4.79 Å². The summed E-state index contributed by atoms with van der Waals surface area (Å²) in [4.78, 5) is 10.7. The molecule has 0 aromatic carbocycles. The molecule has 0 saturated carbocycles. The molecule has 1 aliphatic rings. The number of hydrogen-bond acceptors (Lipinski definition) is 3. The molecule has 4 nitrogen and oxygen atoms in total. The van der Waals surface area contributed by atoms with Crippen LogP contribution in [0.25, 0.3) is 0 Å². The van der Waals surface area contributed by atoms with Crippen LogP contribution in [0.2, 0.25) is 0 Å². The third kappa shape index (κ3) is 1.89. The molecule has 2 rings (SSSR count). The Labute approximate surface area is 88.3 Å². The first-order valence-electron chi connectivity index (χ1n) is 5.41. The summed E-state index contributed by atoms with van der Waals surface area (Å²) < 4.78 is 5.25. The third-order valence-corrected chi connectivity index (χ3v) is 3.00. The van der Waals surface area contributed by atoms with E-state index in [-0.39, 0.29) is 12.3 Å². The van der Waals surface area contributed by atoms with Gasteiger partial charge in [0.05, 0.1) is 12.1 Å². The Bertz CT molecular complexity index is 356. The molecule has 1 aliphatic carbocycles. The second-order valence-corrected chi connectivity index (χ2v) is 4.01. The summed E-state index contributed by atoms with van der Waals surface area (Å²) >= 11 is 0. The number of aryl methyl sites for hydroxylation is 2. The lowest BCUT2D eigenvalue weighted by molar-refractivity contribution is -0.137. The van der Waals surface area contributed by atoms with Gasteiger partial charge in [0.15, 0.2) is 0 Å². The van der Waals surface area contributed by atoms with Gasteiger partial charge in [0, 0.05) is 12.0 Å². The largest absolute Gasteiger partial charge is 0.481 e. The highest BCUT2D eigenvalue weighted by molar-refractivity contribution is 5.68. The van der Waals surface area contributed by atoms with Crippen molar-refractivity contribution in [3.8, 4) is 0 Å². The van der Waals surface area contributed by atoms with Crippen LogP contribution in [0.4, 0.5) is 0 Å². The van der Waals surface area contributed by atoms with Gasteiger partial charge in [-0.05, 0) is 25.2 Å². The lowest BCUT2D eigenvalue weighted by Gasteiger charge is -2.19. The van der Waals surface area contributed by atoms with Crippen LogP contribution in [0, 0.1) is 0 Å². The molecule has 1 aromatic rings. The second kappa shape index (κ2) is 4.04. The number of carboxylic acid groups (broad SMARTS) is 1. The SMILES string of the molecule is CCc1noc2c1C(CC(=O)O)CCC2. The van der Waals surface area contributed by atoms with Crippen LogP contribution < -0.4 is 0 Å². The zero-order chi connectivity index (χ0) is 10.8. The van der Waals surface area contributed by atoms with Gasteiger partial charge in [-0.15, -0.1) is 0 Å². The fourth-order valence-electron chi connectivity index (χ4n) is 2.34. The molecule has 0 bridgehead atoms. The Morgan fingerprint density at radius 2 is 2.47 bits per heavy atom. The van der Waals surface area contributed by atoms with Crippen molar-refractivity contribution in [2.75, 3.05) is 0 Å². The Morgan fingerprint density at radius 1 is 1.67 bits per heavy atom. The summed E-state index contributed by atoms with van der Waals surface area (Å²) in [6, 6.07) is 0. The number of hydrogen-bond donors (Lipinski definition) is 1. The van der Waals surface area contributed by atoms with Crippen molar-refractivity contribution in [1.29, 1.82) is 0 Å². The molecule has 1 aromatic heterocycles. The van der Waals surface area contributed by atoms with Gasteiger partial charge in [-0.25, -0.2) is 0 Å². The van der Waals surface area contributed by atoms with Crippen LogP contribution in [-0.4, -0.2) is 16.2 Å². The second-order valence-electron chi connectivity index (χ2n) is 4.01. The predicted molar refractivity (Wildman–Crippen MR) is 53.8 cm³/mol. The van der Waals surface area contributed by atoms with Crippen LogP contribution in [0.5, 0.6) is 0 Å². The average molecular weight is 209 g/mol. The van der Waals surface area contributed by atoms with Gasteiger partial charge in [-0.1, -0.05) is 12.1 Å². The van der Waals surface area contributed by atoms with Crippen molar-refractivity contribution in [3.05, 3.63) is 17.0 Å². The summed E-state index contributed by atoms with van der Waals surface area (Å²) in [5, 5.41) is 12.8. The number of aromatic nitrogens is 1. The van der Waals surface area contributed by atoms with E-state index in [0.717, 1.165) is 42.7 Å². The first kappa shape index (κ1) is 10.2. The van der Waals surface area contributed by atoms with Crippen LogP contribution >= 0.6 is 0 Å². The Hall–Kier alpha value is -1.32. The van der Waals surface area contributed by atoms with E-state index in [1.54, 1.807) is 0 Å². The normalized spacial score (nSPS) is 19.9.